The maximum absolute atomic E-state index is 13.7. The minimum absolute atomic E-state index is 0.265. The predicted octanol–water partition coefficient (Wildman–Crippen LogP) is 4.70. The Balaban J connectivity index is 1.90. The summed E-state index contributed by atoms with van der Waals surface area (Å²) in [5, 5.41) is 2.77. The van der Waals surface area contributed by atoms with Crippen LogP contribution in [0.5, 0.6) is 0 Å². The minimum Gasteiger partial charge on any atom is -0.444 e. The minimum atomic E-state index is -0.563. The van der Waals surface area contributed by atoms with Crippen molar-refractivity contribution in [3.63, 3.8) is 0 Å². The molecule has 1 aromatic heterocycles. The molecule has 0 radical (unpaired) electrons. The van der Waals surface area contributed by atoms with Gasteiger partial charge in [0, 0.05) is 27.4 Å². The van der Waals surface area contributed by atoms with E-state index in [0.29, 0.717) is 46.1 Å². The number of halogens is 3. The summed E-state index contributed by atoms with van der Waals surface area (Å²) in [6, 6.07) is 2.61. The topological polar surface area (TPSA) is 93.3 Å². The number of nitrogens with zero attached hydrogens (tertiary/aromatic N) is 2. The number of hydrogen-bond acceptors (Lipinski definition) is 4. The van der Waals surface area contributed by atoms with E-state index in [1.165, 1.54) is 16.8 Å². The maximum Gasteiger partial charge on any atom is 0.410 e. The summed E-state index contributed by atoms with van der Waals surface area (Å²) < 4.78 is 21.4. The van der Waals surface area contributed by atoms with E-state index in [2.05, 4.69) is 37.0 Å². The van der Waals surface area contributed by atoms with E-state index in [1.807, 2.05) is 27.7 Å². The largest absolute Gasteiger partial charge is 0.444 e. The standard InChI is InChI=1S/C20H25Br2FN4O3/c1-19(2,3)30-18(29)26-7-5-20(4,6-8-26)14-16(24)27(25-17(14)28)15-12(21)9-11(23)10-13(15)22/h9-10H,5-8,24H2,1-4H3,(H,25,28). The second kappa shape index (κ2) is 8.03. The Kier molecular flexibility index (Phi) is 6.12. The molecular formula is C20H25Br2FN4O3. The summed E-state index contributed by atoms with van der Waals surface area (Å²) in [4.78, 5) is 26.9. The summed E-state index contributed by atoms with van der Waals surface area (Å²) >= 11 is 6.67. The molecule has 1 amide bonds. The molecule has 2 aromatic rings. The van der Waals surface area contributed by atoms with Crippen LogP contribution in [0.2, 0.25) is 0 Å². The van der Waals surface area contributed by atoms with Gasteiger partial charge in [-0.05, 0) is 77.6 Å². The van der Waals surface area contributed by atoms with Crippen molar-refractivity contribution < 1.29 is 13.9 Å². The fourth-order valence-electron chi connectivity index (χ4n) is 3.71. The molecule has 3 rings (SSSR count). The molecule has 1 aliphatic rings. The van der Waals surface area contributed by atoms with Crippen LogP contribution in [0, 0.1) is 5.82 Å². The number of amides is 1. The van der Waals surface area contributed by atoms with E-state index < -0.39 is 16.8 Å². The van der Waals surface area contributed by atoms with Gasteiger partial charge in [-0.3, -0.25) is 9.89 Å². The number of nitrogen functional groups attached to an aromatic ring is 1. The highest BCUT2D eigenvalue weighted by Crippen LogP contribution is 2.39. The number of likely N-dealkylation sites (tertiary alicyclic amines) is 1. The lowest BCUT2D eigenvalue weighted by Crippen LogP contribution is -2.47. The van der Waals surface area contributed by atoms with Gasteiger partial charge in [-0.15, -0.1) is 0 Å². The number of piperidine rings is 1. The van der Waals surface area contributed by atoms with Gasteiger partial charge in [0.05, 0.1) is 11.3 Å². The zero-order valence-corrected chi connectivity index (χ0v) is 20.5. The summed E-state index contributed by atoms with van der Waals surface area (Å²) in [5.41, 5.74) is 5.99. The summed E-state index contributed by atoms with van der Waals surface area (Å²) in [6.45, 7) is 8.37. The van der Waals surface area contributed by atoms with Gasteiger partial charge >= 0.3 is 6.09 Å². The second-order valence-electron chi connectivity index (χ2n) is 8.78. The van der Waals surface area contributed by atoms with E-state index in [-0.39, 0.29) is 17.5 Å². The lowest BCUT2D eigenvalue weighted by molar-refractivity contribution is 0.0172. The van der Waals surface area contributed by atoms with Crippen LogP contribution in [-0.2, 0) is 10.2 Å². The Labute approximate surface area is 191 Å². The third-order valence-electron chi connectivity index (χ3n) is 5.26. The number of rotatable bonds is 2. The smallest absolute Gasteiger partial charge is 0.410 e. The number of nitrogens with one attached hydrogen (secondary N) is 1. The van der Waals surface area contributed by atoms with Crippen molar-refractivity contribution in [3.05, 3.63) is 42.8 Å². The number of aromatic amines is 1. The van der Waals surface area contributed by atoms with Crippen LogP contribution >= 0.6 is 31.9 Å². The molecule has 1 fully saturated rings. The molecule has 1 saturated heterocycles. The van der Waals surface area contributed by atoms with Crippen molar-refractivity contribution in [1.82, 2.24) is 14.7 Å². The van der Waals surface area contributed by atoms with E-state index in [4.69, 9.17) is 10.5 Å². The zero-order valence-electron chi connectivity index (χ0n) is 17.3. The fourth-order valence-corrected chi connectivity index (χ4v) is 5.20. The average Bonchev–Trinajstić information content (AvgIpc) is 2.88. The Bertz CT molecular complexity index is 1010. The van der Waals surface area contributed by atoms with Crippen molar-refractivity contribution in [3.8, 4) is 5.69 Å². The molecule has 0 saturated carbocycles. The average molecular weight is 548 g/mol. The van der Waals surface area contributed by atoms with Gasteiger partial charge in [-0.2, -0.15) is 0 Å². The van der Waals surface area contributed by atoms with Crippen molar-refractivity contribution in [2.24, 2.45) is 0 Å². The Morgan fingerprint density at radius 2 is 1.77 bits per heavy atom. The molecule has 2 heterocycles. The molecule has 0 bridgehead atoms. The second-order valence-corrected chi connectivity index (χ2v) is 10.5. The van der Waals surface area contributed by atoms with Crippen molar-refractivity contribution in [2.45, 2.75) is 51.6 Å². The molecule has 0 spiro atoms. The van der Waals surface area contributed by atoms with E-state index >= 15 is 0 Å². The number of carbonyl (C=O) groups is 1. The monoisotopic (exact) mass is 546 g/mol. The van der Waals surface area contributed by atoms with Gasteiger partial charge in [0.2, 0.25) is 0 Å². The number of ether oxygens (including phenoxy) is 1. The molecule has 0 atom stereocenters. The highest BCUT2D eigenvalue weighted by atomic mass is 79.9. The lowest BCUT2D eigenvalue weighted by Gasteiger charge is -2.39. The number of hydrogen-bond donors (Lipinski definition) is 2. The molecule has 30 heavy (non-hydrogen) atoms. The number of aromatic nitrogens is 2. The van der Waals surface area contributed by atoms with E-state index in [9.17, 15) is 14.0 Å². The van der Waals surface area contributed by atoms with Crippen LogP contribution in [0.3, 0.4) is 0 Å². The molecule has 3 N–H and O–H groups in total. The molecule has 10 heteroatoms. The van der Waals surface area contributed by atoms with E-state index in [1.54, 1.807) is 4.90 Å². The van der Waals surface area contributed by atoms with Gasteiger partial charge < -0.3 is 15.4 Å². The van der Waals surface area contributed by atoms with Crippen LogP contribution in [0.15, 0.2) is 25.9 Å². The Morgan fingerprint density at radius 1 is 1.23 bits per heavy atom. The third kappa shape index (κ3) is 4.44. The van der Waals surface area contributed by atoms with Crippen LogP contribution < -0.4 is 11.3 Å². The summed E-state index contributed by atoms with van der Waals surface area (Å²) in [5.74, 6) is -0.159. The maximum atomic E-state index is 13.7. The van der Waals surface area contributed by atoms with Gasteiger partial charge in [-0.25, -0.2) is 13.9 Å². The van der Waals surface area contributed by atoms with Crippen LogP contribution in [0.1, 0.15) is 46.1 Å². The first-order valence-electron chi connectivity index (χ1n) is 9.56. The SMILES string of the molecule is CC(C)(C)OC(=O)N1CCC(C)(c2c(N)n(-c3c(Br)cc(F)cc3Br)[nH]c2=O)CC1. The molecule has 1 aromatic carbocycles. The highest BCUT2D eigenvalue weighted by molar-refractivity contribution is 9.11. The quantitative estimate of drug-likeness (QED) is 0.570. The lowest BCUT2D eigenvalue weighted by atomic mass is 9.75. The number of nitrogens with two attached hydrogens (primary N) is 1. The number of anilines is 1. The van der Waals surface area contributed by atoms with Crippen molar-refractivity contribution >= 4 is 43.8 Å². The fraction of sp³-hybridized carbons (Fsp3) is 0.500. The third-order valence-corrected chi connectivity index (χ3v) is 6.47. The van der Waals surface area contributed by atoms with Crippen LogP contribution in [0.4, 0.5) is 15.0 Å². The first-order valence-corrected chi connectivity index (χ1v) is 11.1. The Morgan fingerprint density at radius 3 is 2.27 bits per heavy atom. The predicted molar refractivity (Wildman–Crippen MR) is 121 cm³/mol. The van der Waals surface area contributed by atoms with Crippen LogP contribution in [-0.4, -0.2) is 39.5 Å². The molecule has 1 aliphatic heterocycles. The highest BCUT2D eigenvalue weighted by Gasteiger charge is 2.39. The first kappa shape index (κ1) is 22.9. The van der Waals surface area contributed by atoms with Gasteiger partial charge in [0.15, 0.2) is 0 Å². The van der Waals surface area contributed by atoms with Gasteiger partial charge in [-0.1, -0.05) is 6.92 Å². The molecule has 0 aliphatic carbocycles. The van der Waals surface area contributed by atoms with Gasteiger partial charge in [0.25, 0.3) is 5.56 Å². The zero-order chi connectivity index (χ0) is 22.4. The van der Waals surface area contributed by atoms with Crippen molar-refractivity contribution in [2.75, 3.05) is 18.8 Å². The summed E-state index contributed by atoms with van der Waals surface area (Å²) in [7, 11) is 0. The number of H-pyrrole nitrogens is 1. The molecule has 164 valence electrons. The Hall–Kier alpha value is -1.81. The van der Waals surface area contributed by atoms with E-state index in [0.717, 1.165) is 0 Å². The number of carbonyl (C=O) groups excluding carboxylic acids is 1. The number of benzene rings is 1. The summed E-state index contributed by atoms with van der Waals surface area (Å²) in [6.07, 6.45) is 0.771. The first-order chi connectivity index (χ1) is 13.8. The van der Waals surface area contributed by atoms with Gasteiger partial charge in [0.1, 0.15) is 17.2 Å². The van der Waals surface area contributed by atoms with Crippen molar-refractivity contribution in [1.29, 1.82) is 0 Å². The normalized spacial score (nSPS) is 16.6. The molecular weight excluding hydrogens is 523 g/mol. The molecule has 0 unspecified atom stereocenters. The molecule has 7 nitrogen and oxygen atoms in total. The van der Waals surface area contributed by atoms with Crippen LogP contribution in [0.25, 0.3) is 5.69 Å².